The molecule has 1 heteroatoms. The maximum absolute atomic E-state index is 3.60. The average Bonchev–Trinajstić information content (AvgIpc) is 1.68. The lowest BCUT2D eigenvalue weighted by atomic mass is 10.2. The Labute approximate surface area is 64.8 Å². The van der Waals surface area contributed by atoms with Crippen LogP contribution in [0.3, 0.4) is 0 Å². The summed E-state index contributed by atoms with van der Waals surface area (Å²) in [5.74, 6) is 0. The van der Waals surface area contributed by atoms with E-state index in [-0.39, 0.29) is 0 Å². The Hall–Kier alpha value is 0.210. The highest BCUT2D eigenvalue weighted by molar-refractivity contribution is 14.1. The van der Waals surface area contributed by atoms with Crippen LogP contribution in [0.25, 0.3) is 0 Å². The Morgan fingerprint density at radius 1 is 1.75 bits per heavy atom. The number of hydrogen-bond acceptors (Lipinski definition) is 0. The largest absolute Gasteiger partial charge is 0.0991 e. The molecule has 0 saturated carbocycles. The quantitative estimate of drug-likeness (QED) is 0.391. The van der Waals surface area contributed by atoms with Crippen LogP contribution in [0.4, 0.5) is 0 Å². The van der Waals surface area contributed by atoms with Crippen molar-refractivity contribution in [3.05, 3.63) is 24.3 Å². The van der Waals surface area contributed by atoms with E-state index >= 15 is 0 Å². The molecule has 0 aliphatic carbocycles. The molecule has 0 bridgehead atoms. The van der Waals surface area contributed by atoms with E-state index in [0.717, 1.165) is 0 Å². The maximum Gasteiger partial charge on any atom is 0.00326 e. The number of allylic oxidation sites excluding steroid dienone is 3. The zero-order valence-corrected chi connectivity index (χ0v) is 7.31. The predicted molar refractivity (Wildman–Crippen MR) is 47.5 cm³/mol. The van der Waals surface area contributed by atoms with Crippen molar-refractivity contribution in [2.24, 2.45) is 0 Å². The molecule has 0 aromatic carbocycles. The van der Waals surface area contributed by atoms with Crippen LogP contribution in [0.5, 0.6) is 0 Å². The Balaban J connectivity index is 3.44. The second kappa shape index (κ2) is 5.35. The minimum atomic E-state index is 1.19. The third kappa shape index (κ3) is 4.37. The van der Waals surface area contributed by atoms with Gasteiger partial charge in [-0.05, 0) is 13.3 Å². The number of hydrogen-bond donors (Lipinski definition) is 0. The fourth-order valence-corrected chi connectivity index (χ4v) is 1.28. The molecule has 0 saturated heterocycles. The minimum Gasteiger partial charge on any atom is -0.0991 e. The van der Waals surface area contributed by atoms with Crippen LogP contribution in [0.1, 0.15) is 13.3 Å². The number of rotatable bonds is 3. The van der Waals surface area contributed by atoms with Crippen LogP contribution >= 0.6 is 22.6 Å². The Kier molecular flexibility index (Phi) is 5.49. The van der Waals surface area contributed by atoms with E-state index in [2.05, 4.69) is 42.2 Å². The highest BCUT2D eigenvalue weighted by Gasteiger charge is 1.82. The summed E-state index contributed by atoms with van der Waals surface area (Å²) >= 11 is 2.37. The van der Waals surface area contributed by atoms with Crippen LogP contribution in [-0.2, 0) is 0 Å². The van der Waals surface area contributed by atoms with Crippen LogP contribution in [0, 0.1) is 0 Å². The lowest BCUT2D eigenvalue weighted by molar-refractivity contribution is 1.13. The molecule has 0 radical (unpaired) electrons. The third-order valence-electron chi connectivity index (χ3n) is 0.891. The van der Waals surface area contributed by atoms with E-state index in [4.69, 9.17) is 0 Å². The number of halogens is 1. The molecular weight excluding hydrogens is 211 g/mol. The van der Waals surface area contributed by atoms with Gasteiger partial charge in [0.15, 0.2) is 0 Å². The molecule has 0 fully saturated rings. The van der Waals surface area contributed by atoms with Gasteiger partial charge in [0.2, 0.25) is 0 Å². The zero-order valence-electron chi connectivity index (χ0n) is 5.15. The van der Waals surface area contributed by atoms with Crippen molar-refractivity contribution in [3.8, 4) is 0 Å². The summed E-state index contributed by atoms with van der Waals surface area (Å²) in [4.78, 5) is 0. The van der Waals surface area contributed by atoms with Gasteiger partial charge in [0.25, 0.3) is 0 Å². The van der Waals surface area contributed by atoms with Gasteiger partial charge in [-0.15, -0.1) is 0 Å². The molecule has 0 nitrogen and oxygen atoms in total. The summed E-state index contributed by atoms with van der Waals surface area (Å²) in [6.45, 7) is 5.73. The average molecular weight is 222 g/mol. The first-order valence-corrected chi connectivity index (χ1v) is 4.18. The van der Waals surface area contributed by atoms with Crippen molar-refractivity contribution in [2.75, 3.05) is 4.43 Å². The SMILES string of the molecule is C=C/C=C(\C)CCI. The van der Waals surface area contributed by atoms with Crippen molar-refractivity contribution in [3.63, 3.8) is 0 Å². The van der Waals surface area contributed by atoms with Gasteiger partial charge >= 0.3 is 0 Å². The van der Waals surface area contributed by atoms with E-state index in [9.17, 15) is 0 Å². The van der Waals surface area contributed by atoms with E-state index in [1.54, 1.807) is 0 Å². The summed E-state index contributed by atoms with van der Waals surface area (Å²) < 4.78 is 1.20. The summed E-state index contributed by atoms with van der Waals surface area (Å²) in [5.41, 5.74) is 1.41. The summed E-state index contributed by atoms with van der Waals surface area (Å²) in [6.07, 6.45) is 5.08. The number of alkyl halides is 1. The maximum atomic E-state index is 3.60. The molecular formula is C7H11I. The van der Waals surface area contributed by atoms with Crippen LogP contribution < -0.4 is 0 Å². The van der Waals surface area contributed by atoms with Gasteiger partial charge in [0, 0.05) is 4.43 Å². The highest BCUT2D eigenvalue weighted by atomic mass is 127. The monoisotopic (exact) mass is 222 g/mol. The van der Waals surface area contributed by atoms with E-state index in [1.807, 2.05) is 6.08 Å². The van der Waals surface area contributed by atoms with Crippen LogP contribution in [-0.4, -0.2) is 4.43 Å². The molecule has 8 heavy (non-hydrogen) atoms. The van der Waals surface area contributed by atoms with E-state index < -0.39 is 0 Å². The minimum absolute atomic E-state index is 1.19. The van der Waals surface area contributed by atoms with Crippen LogP contribution in [0.15, 0.2) is 24.3 Å². The molecule has 0 aromatic heterocycles. The fourth-order valence-electron chi connectivity index (χ4n) is 0.434. The first kappa shape index (κ1) is 8.21. The normalized spacial score (nSPS) is 11.5. The molecule has 0 aromatic rings. The topological polar surface area (TPSA) is 0 Å². The Bertz CT molecular complexity index is 92.6. The molecule has 46 valence electrons. The Morgan fingerprint density at radius 2 is 2.38 bits per heavy atom. The highest BCUT2D eigenvalue weighted by Crippen LogP contribution is 2.01. The van der Waals surface area contributed by atoms with E-state index in [1.165, 1.54) is 16.4 Å². The van der Waals surface area contributed by atoms with Gasteiger partial charge < -0.3 is 0 Å². The molecule has 0 heterocycles. The summed E-state index contributed by atoms with van der Waals surface area (Å²) in [7, 11) is 0. The Morgan fingerprint density at radius 3 is 2.75 bits per heavy atom. The molecule has 0 unspecified atom stereocenters. The molecule has 0 spiro atoms. The van der Waals surface area contributed by atoms with Crippen molar-refractivity contribution in [1.82, 2.24) is 0 Å². The van der Waals surface area contributed by atoms with Gasteiger partial charge in [-0.1, -0.05) is 46.9 Å². The zero-order chi connectivity index (χ0) is 6.41. The van der Waals surface area contributed by atoms with E-state index in [0.29, 0.717) is 0 Å². The first-order chi connectivity index (χ1) is 3.81. The smallest absolute Gasteiger partial charge is 0.00326 e. The fraction of sp³-hybridized carbons (Fsp3) is 0.429. The second-order valence-electron chi connectivity index (χ2n) is 1.69. The summed E-state index contributed by atoms with van der Waals surface area (Å²) in [5, 5.41) is 0. The summed E-state index contributed by atoms with van der Waals surface area (Å²) in [6, 6.07) is 0. The standard InChI is InChI=1S/C7H11I/c1-3-4-7(2)5-6-8/h3-4H,1,5-6H2,2H3/b7-4+. The van der Waals surface area contributed by atoms with Gasteiger partial charge in [-0.25, -0.2) is 0 Å². The first-order valence-electron chi connectivity index (χ1n) is 2.65. The van der Waals surface area contributed by atoms with Crippen molar-refractivity contribution >= 4 is 22.6 Å². The molecule has 0 aliphatic heterocycles. The molecule has 0 aliphatic rings. The third-order valence-corrected chi connectivity index (χ3v) is 1.43. The van der Waals surface area contributed by atoms with Gasteiger partial charge in [-0.3, -0.25) is 0 Å². The molecule has 0 N–H and O–H groups in total. The molecule has 0 rings (SSSR count). The van der Waals surface area contributed by atoms with Crippen LogP contribution in [0.2, 0.25) is 0 Å². The molecule has 0 amide bonds. The predicted octanol–water partition coefficient (Wildman–Crippen LogP) is 2.94. The van der Waals surface area contributed by atoms with Crippen molar-refractivity contribution in [1.29, 1.82) is 0 Å². The lowest BCUT2D eigenvalue weighted by Gasteiger charge is -1.90. The van der Waals surface area contributed by atoms with Gasteiger partial charge in [-0.2, -0.15) is 0 Å². The van der Waals surface area contributed by atoms with Gasteiger partial charge in [0.05, 0.1) is 0 Å². The van der Waals surface area contributed by atoms with Crippen molar-refractivity contribution in [2.45, 2.75) is 13.3 Å². The lowest BCUT2D eigenvalue weighted by Crippen LogP contribution is -1.74. The molecule has 0 atom stereocenters. The van der Waals surface area contributed by atoms with Gasteiger partial charge in [0.1, 0.15) is 0 Å². The van der Waals surface area contributed by atoms with Crippen molar-refractivity contribution < 1.29 is 0 Å². The second-order valence-corrected chi connectivity index (χ2v) is 2.77.